The zero-order valence-electron chi connectivity index (χ0n) is 9.00. The van der Waals surface area contributed by atoms with Crippen molar-refractivity contribution in [2.45, 2.75) is 13.5 Å². The summed E-state index contributed by atoms with van der Waals surface area (Å²) >= 11 is 4.70. The standard InChI is InChI=1S/C9H12N2S.Na.H/c1-7-4-2-3-5-8(7)6-11-9(10)12;;/h2-5H,6H2,1H3,(H3,10,11,12);;/q;+1;-1. The van der Waals surface area contributed by atoms with Crippen molar-refractivity contribution >= 4 is 17.3 Å². The molecule has 0 aliphatic rings. The summed E-state index contributed by atoms with van der Waals surface area (Å²) in [5.74, 6) is 0. The summed E-state index contributed by atoms with van der Waals surface area (Å²) in [6, 6.07) is 8.14. The fourth-order valence-corrected chi connectivity index (χ4v) is 1.06. The Hall–Kier alpha value is -0.0900. The number of hydrogen-bond acceptors (Lipinski definition) is 1. The molecule has 1 aromatic rings. The first-order valence-electron chi connectivity index (χ1n) is 3.78. The molecule has 0 fully saturated rings. The molecular formula is C9H13N2NaS. The number of hydrogen-bond donors (Lipinski definition) is 2. The average molecular weight is 204 g/mol. The predicted molar refractivity (Wildman–Crippen MR) is 55.9 cm³/mol. The molecule has 1 rings (SSSR count). The first-order chi connectivity index (χ1) is 5.70. The van der Waals surface area contributed by atoms with Gasteiger partial charge in [-0.25, -0.2) is 0 Å². The van der Waals surface area contributed by atoms with Gasteiger partial charge in [0.15, 0.2) is 5.11 Å². The Kier molecular flexibility index (Phi) is 6.33. The van der Waals surface area contributed by atoms with Gasteiger partial charge in [-0.2, -0.15) is 0 Å². The van der Waals surface area contributed by atoms with Gasteiger partial charge in [-0.1, -0.05) is 24.3 Å². The molecule has 0 spiro atoms. The van der Waals surface area contributed by atoms with Gasteiger partial charge in [-0.15, -0.1) is 0 Å². The number of rotatable bonds is 2. The molecule has 0 bridgehead atoms. The van der Waals surface area contributed by atoms with Gasteiger partial charge < -0.3 is 12.5 Å². The van der Waals surface area contributed by atoms with E-state index in [0.717, 1.165) is 0 Å². The van der Waals surface area contributed by atoms with Crippen LogP contribution in [-0.4, -0.2) is 5.11 Å². The smallest absolute Gasteiger partial charge is 1.00 e. The minimum Gasteiger partial charge on any atom is -1.00 e. The Balaban J connectivity index is 0. The maximum absolute atomic E-state index is 5.31. The minimum absolute atomic E-state index is 0. The molecule has 0 saturated heterocycles. The molecule has 0 aliphatic heterocycles. The van der Waals surface area contributed by atoms with Crippen LogP contribution in [0.5, 0.6) is 0 Å². The summed E-state index contributed by atoms with van der Waals surface area (Å²) in [6.07, 6.45) is 0. The van der Waals surface area contributed by atoms with E-state index in [4.69, 9.17) is 18.0 Å². The van der Waals surface area contributed by atoms with Crippen LogP contribution < -0.4 is 40.6 Å². The Morgan fingerprint density at radius 3 is 2.69 bits per heavy atom. The monoisotopic (exact) mass is 204 g/mol. The van der Waals surface area contributed by atoms with Crippen molar-refractivity contribution < 1.29 is 31.0 Å². The summed E-state index contributed by atoms with van der Waals surface area (Å²) in [4.78, 5) is 0. The molecule has 0 unspecified atom stereocenters. The first-order valence-corrected chi connectivity index (χ1v) is 4.19. The zero-order valence-corrected chi connectivity index (χ0v) is 10.8. The van der Waals surface area contributed by atoms with E-state index in [-0.39, 0.29) is 31.0 Å². The van der Waals surface area contributed by atoms with E-state index in [2.05, 4.69) is 24.4 Å². The Bertz CT molecular complexity index is 294. The molecule has 66 valence electrons. The van der Waals surface area contributed by atoms with Crippen molar-refractivity contribution in [3.8, 4) is 0 Å². The van der Waals surface area contributed by atoms with Crippen LogP contribution in [0.4, 0.5) is 0 Å². The third-order valence-electron chi connectivity index (χ3n) is 1.71. The molecular weight excluding hydrogens is 191 g/mol. The number of thiocarbonyl (C=S) groups is 1. The molecule has 2 nitrogen and oxygen atoms in total. The molecule has 4 heteroatoms. The van der Waals surface area contributed by atoms with Gasteiger partial charge in [0.2, 0.25) is 0 Å². The number of benzene rings is 1. The van der Waals surface area contributed by atoms with E-state index in [9.17, 15) is 0 Å². The van der Waals surface area contributed by atoms with Crippen LogP contribution in [0.1, 0.15) is 12.6 Å². The van der Waals surface area contributed by atoms with Crippen LogP contribution in [0.15, 0.2) is 24.3 Å². The third-order valence-corrected chi connectivity index (χ3v) is 1.86. The Morgan fingerprint density at radius 1 is 1.54 bits per heavy atom. The van der Waals surface area contributed by atoms with Crippen LogP contribution in [-0.2, 0) is 6.54 Å². The van der Waals surface area contributed by atoms with Gasteiger partial charge in [0.25, 0.3) is 0 Å². The Morgan fingerprint density at radius 2 is 2.15 bits per heavy atom. The fourth-order valence-electron chi connectivity index (χ4n) is 0.991. The Labute approximate surface area is 108 Å². The van der Waals surface area contributed by atoms with E-state index in [1.165, 1.54) is 11.1 Å². The molecule has 1 aromatic carbocycles. The number of nitrogens with two attached hydrogens (primary N) is 1. The molecule has 3 N–H and O–H groups in total. The van der Waals surface area contributed by atoms with Crippen molar-refractivity contribution in [3.63, 3.8) is 0 Å². The van der Waals surface area contributed by atoms with Crippen LogP contribution in [0.25, 0.3) is 0 Å². The van der Waals surface area contributed by atoms with Gasteiger partial charge in [0.1, 0.15) is 0 Å². The van der Waals surface area contributed by atoms with E-state index in [0.29, 0.717) is 11.7 Å². The van der Waals surface area contributed by atoms with Gasteiger partial charge in [0.05, 0.1) is 0 Å². The second-order valence-corrected chi connectivity index (χ2v) is 3.08. The van der Waals surface area contributed by atoms with Gasteiger partial charge >= 0.3 is 29.6 Å². The molecule has 0 amide bonds. The molecule has 0 saturated carbocycles. The summed E-state index contributed by atoms with van der Waals surface area (Å²) in [7, 11) is 0. The predicted octanol–water partition coefficient (Wildman–Crippen LogP) is -1.56. The second-order valence-electron chi connectivity index (χ2n) is 2.64. The molecule has 0 atom stereocenters. The molecule has 0 radical (unpaired) electrons. The maximum Gasteiger partial charge on any atom is 1.00 e. The van der Waals surface area contributed by atoms with Gasteiger partial charge in [-0.3, -0.25) is 0 Å². The van der Waals surface area contributed by atoms with Crippen molar-refractivity contribution in [2.75, 3.05) is 0 Å². The first kappa shape index (κ1) is 12.9. The van der Waals surface area contributed by atoms with Gasteiger partial charge in [-0.05, 0) is 30.3 Å². The fraction of sp³-hybridized carbons (Fsp3) is 0.222. The van der Waals surface area contributed by atoms with E-state index >= 15 is 0 Å². The van der Waals surface area contributed by atoms with Crippen LogP contribution in [0.2, 0.25) is 0 Å². The summed E-state index contributed by atoms with van der Waals surface area (Å²) < 4.78 is 0. The van der Waals surface area contributed by atoms with E-state index in [1.807, 2.05) is 12.1 Å². The molecule has 13 heavy (non-hydrogen) atoms. The topological polar surface area (TPSA) is 38.0 Å². The van der Waals surface area contributed by atoms with Gasteiger partial charge in [0, 0.05) is 6.54 Å². The number of nitrogens with one attached hydrogen (secondary N) is 1. The minimum atomic E-state index is 0. The average Bonchev–Trinajstić information content (AvgIpc) is 2.03. The number of aryl methyl sites for hydroxylation is 1. The molecule has 0 aromatic heterocycles. The van der Waals surface area contributed by atoms with Crippen LogP contribution in [0.3, 0.4) is 0 Å². The normalized spacial score (nSPS) is 8.69. The van der Waals surface area contributed by atoms with E-state index < -0.39 is 0 Å². The maximum atomic E-state index is 5.31. The SMILES string of the molecule is Cc1ccccc1CNC(N)=S.[H-].[Na+]. The molecule has 0 aliphatic carbocycles. The zero-order chi connectivity index (χ0) is 8.97. The largest absolute Gasteiger partial charge is 1.00 e. The van der Waals surface area contributed by atoms with Crippen LogP contribution in [0, 0.1) is 6.92 Å². The van der Waals surface area contributed by atoms with Crippen molar-refractivity contribution in [1.29, 1.82) is 0 Å². The summed E-state index contributed by atoms with van der Waals surface area (Å²) in [6.45, 7) is 2.78. The van der Waals surface area contributed by atoms with Crippen molar-refractivity contribution in [1.82, 2.24) is 5.32 Å². The third kappa shape index (κ3) is 4.62. The second kappa shape index (κ2) is 6.38. The summed E-state index contributed by atoms with van der Waals surface area (Å²) in [5, 5.41) is 3.26. The quantitative estimate of drug-likeness (QED) is 0.452. The van der Waals surface area contributed by atoms with Crippen molar-refractivity contribution in [2.24, 2.45) is 5.73 Å². The van der Waals surface area contributed by atoms with Crippen molar-refractivity contribution in [3.05, 3.63) is 35.4 Å². The summed E-state index contributed by atoms with van der Waals surface area (Å²) in [5.41, 5.74) is 7.79. The van der Waals surface area contributed by atoms with Crippen LogP contribution >= 0.6 is 12.2 Å². The molecule has 0 heterocycles. The van der Waals surface area contributed by atoms with E-state index in [1.54, 1.807) is 0 Å².